The van der Waals surface area contributed by atoms with E-state index in [1.165, 1.54) is 6.07 Å². The molecule has 2 heterocycles. The molecule has 1 aromatic carbocycles. The molecule has 18 heavy (non-hydrogen) atoms. The third kappa shape index (κ3) is 2.09. The first-order valence-corrected chi connectivity index (χ1v) is 6.59. The number of fused-ring (bicyclic) bond motifs is 1. The minimum absolute atomic E-state index is 0.243. The highest BCUT2D eigenvalue weighted by Crippen LogP contribution is 2.33. The number of halogens is 2. The lowest BCUT2D eigenvalue weighted by atomic mass is 9.91. The van der Waals surface area contributed by atoms with Gasteiger partial charge in [0.15, 0.2) is 0 Å². The Bertz CT molecular complexity index is 456. The number of nitrogens with one attached hydrogen (secondary N) is 1. The van der Waals surface area contributed by atoms with E-state index in [0.717, 1.165) is 25.9 Å². The number of rotatable bonds is 2. The highest BCUT2D eigenvalue weighted by Gasteiger charge is 2.25. The summed E-state index contributed by atoms with van der Waals surface area (Å²) in [4.78, 5) is 0. The van der Waals surface area contributed by atoms with Crippen molar-refractivity contribution in [1.29, 1.82) is 0 Å². The average molecular weight is 253 g/mol. The summed E-state index contributed by atoms with van der Waals surface area (Å²) in [6.07, 6.45) is 3.16. The molecule has 1 saturated heterocycles. The molecule has 0 aromatic heterocycles. The quantitative estimate of drug-likeness (QED) is 0.874. The number of piperidine rings is 1. The normalized spacial score (nSPS) is 22.7. The van der Waals surface area contributed by atoms with Crippen LogP contribution in [0.15, 0.2) is 6.07 Å². The Morgan fingerprint density at radius 2 is 2.28 bits per heavy atom. The van der Waals surface area contributed by atoms with Crippen molar-refractivity contribution in [3.05, 3.63) is 28.8 Å². The SMILES string of the molecule is Fc1cc2c(c(F)c1CC1CCCNC1)CCO2. The first-order chi connectivity index (χ1) is 8.75. The monoisotopic (exact) mass is 253 g/mol. The lowest BCUT2D eigenvalue weighted by Gasteiger charge is -2.23. The van der Waals surface area contributed by atoms with Gasteiger partial charge in [-0.2, -0.15) is 0 Å². The summed E-state index contributed by atoms with van der Waals surface area (Å²) < 4.78 is 33.4. The highest BCUT2D eigenvalue weighted by molar-refractivity contribution is 5.42. The standard InChI is InChI=1S/C14H17F2NO/c15-12-7-13-10(3-5-18-13)14(16)11(12)6-9-2-1-4-17-8-9/h7,9,17H,1-6,8H2. The van der Waals surface area contributed by atoms with Crippen molar-refractivity contribution in [3.8, 4) is 5.75 Å². The van der Waals surface area contributed by atoms with Crippen LogP contribution in [0.2, 0.25) is 0 Å². The Labute approximate surface area is 105 Å². The largest absolute Gasteiger partial charge is 0.493 e. The molecule has 1 unspecified atom stereocenters. The second-order valence-corrected chi connectivity index (χ2v) is 5.14. The summed E-state index contributed by atoms with van der Waals surface area (Å²) in [5.41, 5.74) is 0.795. The van der Waals surface area contributed by atoms with Crippen LogP contribution in [0.4, 0.5) is 8.78 Å². The second-order valence-electron chi connectivity index (χ2n) is 5.14. The molecule has 3 rings (SSSR count). The summed E-state index contributed by atoms with van der Waals surface area (Å²) in [5.74, 6) is -0.120. The molecule has 2 aliphatic heterocycles. The Hall–Kier alpha value is -1.16. The van der Waals surface area contributed by atoms with Gasteiger partial charge in [-0.25, -0.2) is 8.78 Å². The van der Waals surface area contributed by atoms with Crippen LogP contribution < -0.4 is 10.1 Å². The fraction of sp³-hybridized carbons (Fsp3) is 0.571. The molecule has 98 valence electrons. The van der Waals surface area contributed by atoms with E-state index in [-0.39, 0.29) is 11.4 Å². The third-order valence-electron chi connectivity index (χ3n) is 3.87. The second kappa shape index (κ2) is 4.84. The van der Waals surface area contributed by atoms with Gasteiger partial charge in [-0.05, 0) is 38.3 Å². The smallest absolute Gasteiger partial charge is 0.136 e. The van der Waals surface area contributed by atoms with Crippen LogP contribution in [0.5, 0.6) is 5.75 Å². The summed E-state index contributed by atoms with van der Waals surface area (Å²) in [6, 6.07) is 1.34. The van der Waals surface area contributed by atoms with Crippen LogP contribution in [0.25, 0.3) is 0 Å². The maximum atomic E-state index is 14.2. The summed E-state index contributed by atoms with van der Waals surface area (Å²) in [6.45, 7) is 2.33. The molecular formula is C14H17F2NO. The molecule has 0 saturated carbocycles. The van der Waals surface area contributed by atoms with Gasteiger partial charge < -0.3 is 10.1 Å². The van der Waals surface area contributed by atoms with Crippen LogP contribution in [0.1, 0.15) is 24.0 Å². The zero-order valence-electron chi connectivity index (χ0n) is 10.3. The maximum Gasteiger partial charge on any atom is 0.136 e. The van der Waals surface area contributed by atoms with Crippen LogP contribution in [-0.4, -0.2) is 19.7 Å². The molecule has 0 radical (unpaired) electrons. The van der Waals surface area contributed by atoms with Crippen molar-refractivity contribution < 1.29 is 13.5 Å². The van der Waals surface area contributed by atoms with E-state index in [0.29, 0.717) is 36.7 Å². The van der Waals surface area contributed by atoms with Crippen molar-refractivity contribution in [2.75, 3.05) is 19.7 Å². The fourth-order valence-electron chi connectivity index (χ4n) is 2.88. The Morgan fingerprint density at radius 3 is 3.06 bits per heavy atom. The van der Waals surface area contributed by atoms with E-state index < -0.39 is 5.82 Å². The molecule has 0 amide bonds. The molecule has 0 bridgehead atoms. The Morgan fingerprint density at radius 1 is 1.39 bits per heavy atom. The van der Waals surface area contributed by atoms with E-state index >= 15 is 0 Å². The van der Waals surface area contributed by atoms with Gasteiger partial charge in [0.05, 0.1) is 6.61 Å². The van der Waals surface area contributed by atoms with Crippen molar-refractivity contribution >= 4 is 0 Å². The molecule has 0 aliphatic carbocycles. The minimum atomic E-state index is -0.460. The van der Waals surface area contributed by atoms with Gasteiger partial charge in [-0.3, -0.25) is 0 Å². The van der Waals surface area contributed by atoms with Crippen LogP contribution in [0.3, 0.4) is 0 Å². The molecule has 0 spiro atoms. The average Bonchev–Trinajstić information content (AvgIpc) is 2.84. The molecule has 2 nitrogen and oxygen atoms in total. The molecular weight excluding hydrogens is 236 g/mol. The van der Waals surface area contributed by atoms with E-state index in [4.69, 9.17) is 4.74 Å². The van der Waals surface area contributed by atoms with Gasteiger partial charge in [0.2, 0.25) is 0 Å². The van der Waals surface area contributed by atoms with Crippen molar-refractivity contribution in [2.45, 2.75) is 25.7 Å². The van der Waals surface area contributed by atoms with Crippen LogP contribution in [0, 0.1) is 17.6 Å². The summed E-state index contributed by atoms with van der Waals surface area (Å²) >= 11 is 0. The number of ether oxygens (including phenoxy) is 1. The van der Waals surface area contributed by atoms with E-state index in [1.807, 2.05) is 0 Å². The van der Waals surface area contributed by atoms with Crippen molar-refractivity contribution in [2.24, 2.45) is 5.92 Å². The fourth-order valence-corrected chi connectivity index (χ4v) is 2.88. The minimum Gasteiger partial charge on any atom is -0.493 e. The molecule has 2 aliphatic rings. The van der Waals surface area contributed by atoms with E-state index in [9.17, 15) is 8.78 Å². The summed E-state index contributed by atoms with van der Waals surface area (Å²) in [7, 11) is 0. The topological polar surface area (TPSA) is 21.3 Å². The van der Waals surface area contributed by atoms with Gasteiger partial charge in [0.25, 0.3) is 0 Å². The maximum absolute atomic E-state index is 14.2. The Kier molecular flexibility index (Phi) is 3.20. The zero-order valence-corrected chi connectivity index (χ0v) is 10.3. The van der Waals surface area contributed by atoms with Gasteiger partial charge in [0.1, 0.15) is 17.4 Å². The molecule has 1 N–H and O–H groups in total. The number of hydrogen-bond donors (Lipinski definition) is 1. The lowest BCUT2D eigenvalue weighted by Crippen LogP contribution is -2.31. The highest BCUT2D eigenvalue weighted by atomic mass is 19.1. The van der Waals surface area contributed by atoms with Crippen LogP contribution in [-0.2, 0) is 12.8 Å². The van der Waals surface area contributed by atoms with Crippen molar-refractivity contribution in [1.82, 2.24) is 5.32 Å². The first-order valence-electron chi connectivity index (χ1n) is 6.59. The Balaban J connectivity index is 1.87. The van der Waals surface area contributed by atoms with Crippen LogP contribution >= 0.6 is 0 Å². The van der Waals surface area contributed by atoms with E-state index in [2.05, 4.69) is 5.32 Å². The summed E-state index contributed by atoms with van der Waals surface area (Å²) in [5, 5.41) is 3.28. The predicted molar refractivity (Wildman–Crippen MR) is 64.9 cm³/mol. The first kappa shape index (κ1) is 11.9. The zero-order chi connectivity index (χ0) is 12.5. The molecule has 1 aromatic rings. The number of hydrogen-bond acceptors (Lipinski definition) is 2. The van der Waals surface area contributed by atoms with Gasteiger partial charge in [-0.15, -0.1) is 0 Å². The molecule has 4 heteroatoms. The molecule has 1 fully saturated rings. The van der Waals surface area contributed by atoms with E-state index in [1.54, 1.807) is 0 Å². The van der Waals surface area contributed by atoms with Crippen molar-refractivity contribution in [3.63, 3.8) is 0 Å². The third-order valence-corrected chi connectivity index (χ3v) is 3.87. The lowest BCUT2D eigenvalue weighted by molar-refractivity contribution is 0.353. The van der Waals surface area contributed by atoms with Gasteiger partial charge in [0, 0.05) is 23.6 Å². The number of benzene rings is 1. The predicted octanol–water partition coefficient (Wildman–Crippen LogP) is 2.44. The van der Waals surface area contributed by atoms with Gasteiger partial charge in [-0.1, -0.05) is 0 Å². The molecule has 1 atom stereocenters. The van der Waals surface area contributed by atoms with Gasteiger partial charge >= 0.3 is 0 Å².